The lowest BCUT2D eigenvalue weighted by Crippen LogP contribution is -2.00. The van der Waals surface area contributed by atoms with Gasteiger partial charge in [0.2, 0.25) is 0 Å². The summed E-state index contributed by atoms with van der Waals surface area (Å²) < 4.78 is 29.2. The summed E-state index contributed by atoms with van der Waals surface area (Å²) in [6.45, 7) is 0. The third kappa shape index (κ3) is 2.53. The number of para-hydroxylation sites is 2. The molecule has 0 fully saturated rings. The molecule has 3 heterocycles. The lowest BCUT2D eigenvalue weighted by molar-refractivity contribution is 0.590. The van der Waals surface area contributed by atoms with Gasteiger partial charge in [0.1, 0.15) is 29.5 Å². The second-order valence-electron chi connectivity index (χ2n) is 5.88. The third-order valence-corrected chi connectivity index (χ3v) is 5.25. The van der Waals surface area contributed by atoms with E-state index in [9.17, 15) is 8.78 Å². The number of nitrogens with zero attached hydrogens (tertiary/aromatic N) is 3. The van der Waals surface area contributed by atoms with Crippen molar-refractivity contribution >= 4 is 43.8 Å². The van der Waals surface area contributed by atoms with Crippen LogP contribution >= 0.6 is 11.3 Å². The van der Waals surface area contributed by atoms with Crippen LogP contribution in [0.1, 0.15) is 0 Å². The van der Waals surface area contributed by atoms with E-state index in [-0.39, 0.29) is 5.69 Å². The first-order valence-electron chi connectivity index (χ1n) is 8.10. The average Bonchev–Trinajstić information content (AvgIpc) is 3.36. The summed E-state index contributed by atoms with van der Waals surface area (Å²) in [6, 6.07) is 11.4. The molecule has 0 bridgehead atoms. The molecule has 0 atom stereocenters. The summed E-state index contributed by atoms with van der Waals surface area (Å²) in [6.07, 6.45) is 1.49. The van der Waals surface area contributed by atoms with E-state index in [2.05, 4.69) is 25.5 Å². The van der Waals surface area contributed by atoms with E-state index >= 15 is 0 Å². The number of benzene rings is 2. The van der Waals surface area contributed by atoms with Crippen LogP contribution in [0.2, 0.25) is 0 Å². The van der Waals surface area contributed by atoms with Crippen molar-refractivity contribution in [3.63, 3.8) is 0 Å². The van der Waals surface area contributed by atoms with E-state index in [1.54, 1.807) is 11.3 Å². The summed E-state index contributed by atoms with van der Waals surface area (Å²) in [5, 5.41) is 14.4. The second-order valence-corrected chi connectivity index (χ2v) is 6.80. The van der Waals surface area contributed by atoms with Gasteiger partial charge in [-0.1, -0.05) is 18.2 Å². The van der Waals surface area contributed by atoms with E-state index in [0.717, 1.165) is 21.0 Å². The van der Waals surface area contributed by atoms with Gasteiger partial charge in [-0.05, 0) is 29.6 Å². The highest BCUT2D eigenvalue weighted by Crippen LogP contribution is 2.38. The minimum atomic E-state index is -0.677. The van der Waals surface area contributed by atoms with Crippen molar-refractivity contribution < 1.29 is 8.78 Å². The Hall–Kier alpha value is -3.39. The Balaban J connectivity index is 1.79. The molecule has 0 saturated heterocycles. The van der Waals surface area contributed by atoms with Crippen molar-refractivity contribution in [1.82, 2.24) is 20.2 Å². The number of nitrogens with one attached hydrogen (secondary N) is 2. The Morgan fingerprint density at radius 1 is 0.963 bits per heavy atom. The van der Waals surface area contributed by atoms with Crippen molar-refractivity contribution in [2.45, 2.75) is 0 Å². The first-order chi connectivity index (χ1) is 13.2. The summed E-state index contributed by atoms with van der Waals surface area (Å²) >= 11 is 1.54. The van der Waals surface area contributed by atoms with Crippen LogP contribution in [0, 0.1) is 11.6 Å². The van der Waals surface area contributed by atoms with Crippen molar-refractivity contribution in [3.8, 4) is 11.4 Å². The number of pyridine rings is 1. The van der Waals surface area contributed by atoms with Crippen LogP contribution < -0.4 is 5.32 Å². The Morgan fingerprint density at radius 3 is 2.56 bits per heavy atom. The molecule has 2 aromatic carbocycles. The standard InChI is InChI=1S/C19H11F2N5S/c20-13-5-2-6-14(21)16(13)25-19-12-7-8-27-17(12)10-3-1-4-11(15(10)24-19)18-22-9-23-26-18/h1-9H,(H,24,25)(H,22,23,26). The number of halogens is 2. The average molecular weight is 379 g/mol. The van der Waals surface area contributed by atoms with Crippen molar-refractivity contribution in [2.75, 3.05) is 5.32 Å². The number of aromatic nitrogens is 4. The molecule has 0 aliphatic carbocycles. The summed E-state index contributed by atoms with van der Waals surface area (Å²) in [7, 11) is 0. The Morgan fingerprint density at radius 2 is 1.78 bits per heavy atom. The fraction of sp³-hybridized carbons (Fsp3) is 0. The highest BCUT2D eigenvalue weighted by molar-refractivity contribution is 7.18. The number of fused-ring (bicyclic) bond motifs is 3. The molecule has 5 aromatic rings. The lowest BCUT2D eigenvalue weighted by atomic mass is 10.1. The minimum absolute atomic E-state index is 0.228. The molecule has 0 aliphatic rings. The number of hydrogen-bond acceptors (Lipinski definition) is 5. The predicted octanol–water partition coefficient (Wildman–Crippen LogP) is 5.26. The van der Waals surface area contributed by atoms with Crippen LogP contribution in [0.4, 0.5) is 20.3 Å². The highest BCUT2D eigenvalue weighted by atomic mass is 32.1. The zero-order valence-electron chi connectivity index (χ0n) is 13.7. The molecule has 0 amide bonds. The molecule has 27 heavy (non-hydrogen) atoms. The third-order valence-electron chi connectivity index (χ3n) is 4.30. The summed E-state index contributed by atoms with van der Waals surface area (Å²) in [5.74, 6) is -0.394. The largest absolute Gasteiger partial charge is 0.335 e. The van der Waals surface area contributed by atoms with Crippen LogP contribution in [0.3, 0.4) is 0 Å². The second kappa shape index (κ2) is 6.10. The van der Waals surface area contributed by atoms with Gasteiger partial charge in [0.25, 0.3) is 0 Å². The predicted molar refractivity (Wildman–Crippen MR) is 102 cm³/mol. The Bertz CT molecular complexity index is 1260. The first kappa shape index (κ1) is 15.8. The molecular weight excluding hydrogens is 368 g/mol. The van der Waals surface area contributed by atoms with Gasteiger partial charge in [-0.25, -0.2) is 13.8 Å². The van der Waals surface area contributed by atoms with Gasteiger partial charge >= 0.3 is 0 Å². The number of H-pyrrole nitrogens is 1. The van der Waals surface area contributed by atoms with Crippen molar-refractivity contribution in [2.24, 2.45) is 0 Å². The molecule has 132 valence electrons. The SMILES string of the molecule is Fc1cccc(F)c1Nc1nc2c(-c3nnc[nH]3)cccc2c2sccc12. The first-order valence-corrected chi connectivity index (χ1v) is 8.98. The molecule has 0 aliphatic heterocycles. The number of hydrogen-bond donors (Lipinski definition) is 2. The maximum atomic E-state index is 14.1. The maximum absolute atomic E-state index is 14.1. The molecule has 0 radical (unpaired) electrons. The van der Waals surface area contributed by atoms with Crippen LogP contribution in [-0.2, 0) is 0 Å². The summed E-state index contributed by atoms with van der Waals surface area (Å²) in [4.78, 5) is 7.66. The molecule has 3 aromatic heterocycles. The van der Waals surface area contributed by atoms with Crippen molar-refractivity contribution in [3.05, 3.63) is 65.8 Å². The van der Waals surface area contributed by atoms with Crippen LogP contribution in [-0.4, -0.2) is 20.2 Å². The molecule has 5 nitrogen and oxygen atoms in total. The summed E-state index contributed by atoms with van der Waals surface area (Å²) in [5.41, 5.74) is 1.20. The van der Waals surface area contributed by atoms with Crippen LogP contribution in [0.15, 0.2) is 54.2 Å². The quantitative estimate of drug-likeness (QED) is 0.449. The number of thiophene rings is 1. The normalized spacial score (nSPS) is 11.3. The smallest absolute Gasteiger partial charge is 0.163 e. The highest BCUT2D eigenvalue weighted by Gasteiger charge is 2.17. The van der Waals surface area contributed by atoms with E-state index in [1.807, 2.05) is 29.6 Å². The number of aromatic amines is 1. The molecule has 0 saturated carbocycles. The molecular formula is C19H11F2N5S. The van der Waals surface area contributed by atoms with Gasteiger partial charge in [0, 0.05) is 21.0 Å². The fourth-order valence-corrected chi connectivity index (χ4v) is 4.01. The van der Waals surface area contributed by atoms with Gasteiger partial charge in [-0.3, -0.25) is 0 Å². The maximum Gasteiger partial charge on any atom is 0.163 e. The van der Waals surface area contributed by atoms with Gasteiger partial charge in [0.15, 0.2) is 5.82 Å². The number of rotatable bonds is 3. The van der Waals surface area contributed by atoms with Gasteiger partial charge in [-0.2, -0.15) is 0 Å². The van der Waals surface area contributed by atoms with E-state index < -0.39 is 11.6 Å². The Labute approximate surface area is 155 Å². The molecule has 0 spiro atoms. The topological polar surface area (TPSA) is 66.5 Å². The van der Waals surface area contributed by atoms with Gasteiger partial charge in [0.05, 0.1) is 5.52 Å². The van der Waals surface area contributed by atoms with Crippen LogP contribution in [0.5, 0.6) is 0 Å². The molecule has 2 N–H and O–H groups in total. The van der Waals surface area contributed by atoms with E-state index in [1.165, 1.54) is 24.5 Å². The molecule has 8 heteroatoms. The monoisotopic (exact) mass is 379 g/mol. The zero-order valence-corrected chi connectivity index (χ0v) is 14.5. The zero-order chi connectivity index (χ0) is 18.4. The van der Waals surface area contributed by atoms with Crippen LogP contribution in [0.25, 0.3) is 32.4 Å². The fourth-order valence-electron chi connectivity index (χ4n) is 3.08. The molecule has 5 rings (SSSR count). The van der Waals surface area contributed by atoms with E-state index in [0.29, 0.717) is 17.2 Å². The molecule has 0 unspecified atom stereocenters. The van der Waals surface area contributed by atoms with Gasteiger partial charge in [-0.15, -0.1) is 21.5 Å². The van der Waals surface area contributed by atoms with E-state index in [4.69, 9.17) is 0 Å². The minimum Gasteiger partial charge on any atom is -0.335 e. The lowest BCUT2D eigenvalue weighted by Gasteiger charge is -2.12. The number of anilines is 2. The van der Waals surface area contributed by atoms with Gasteiger partial charge < -0.3 is 10.3 Å². The van der Waals surface area contributed by atoms with Crippen molar-refractivity contribution in [1.29, 1.82) is 0 Å². The Kier molecular flexibility index (Phi) is 3.58.